The van der Waals surface area contributed by atoms with Crippen LogP contribution in [-0.2, 0) is 0 Å². The molecule has 2 aromatic carbocycles. The van der Waals surface area contributed by atoms with E-state index in [1.54, 1.807) is 77.6 Å². The van der Waals surface area contributed by atoms with Gasteiger partial charge in [-0.05, 0) is 54.6 Å². The molecule has 28 heavy (non-hydrogen) atoms. The molecule has 8 heteroatoms. The average molecular weight is 373 g/mol. The fourth-order valence-corrected chi connectivity index (χ4v) is 2.62. The van der Waals surface area contributed by atoms with Crippen LogP contribution in [0.25, 0.3) is 5.65 Å². The van der Waals surface area contributed by atoms with Crippen molar-refractivity contribution in [2.24, 2.45) is 5.73 Å². The molecule has 8 nitrogen and oxygen atoms in total. The summed E-state index contributed by atoms with van der Waals surface area (Å²) in [6.07, 6.45) is 3.22. The largest absolute Gasteiger partial charge is 0.457 e. The number of benzene rings is 2. The third-order valence-electron chi connectivity index (χ3n) is 4.02. The Kier molecular flexibility index (Phi) is 4.43. The van der Waals surface area contributed by atoms with E-state index in [0.717, 1.165) is 0 Å². The minimum atomic E-state index is -0.497. The van der Waals surface area contributed by atoms with E-state index < -0.39 is 5.91 Å². The highest BCUT2D eigenvalue weighted by atomic mass is 16.5. The molecule has 0 spiro atoms. The number of aromatic nitrogens is 3. The van der Waals surface area contributed by atoms with Crippen LogP contribution >= 0.6 is 0 Å². The van der Waals surface area contributed by atoms with Gasteiger partial charge < -0.3 is 15.8 Å². The van der Waals surface area contributed by atoms with Gasteiger partial charge in [0.25, 0.3) is 5.91 Å². The van der Waals surface area contributed by atoms with Crippen molar-refractivity contribution in [3.8, 4) is 11.5 Å². The van der Waals surface area contributed by atoms with Gasteiger partial charge in [-0.3, -0.25) is 9.59 Å². The molecule has 0 saturated heterocycles. The number of rotatable bonds is 5. The predicted molar refractivity (Wildman–Crippen MR) is 102 cm³/mol. The normalized spacial score (nSPS) is 10.6. The second-order valence-electron chi connectivity index (χ2n) is 5.90. The first kappa shape index (κ1) is 17.2. The summed E-state index contributed by atoms with van der Waals surface area (Å²) < 4.78 is 7.25. The first-order chi connectivity index (χ1) is 13.6. The van der Waals surface area contributed by atoms with E-state index in [1.165, 1.54) is 0 Å². The van der Waals surface area contributed by atoms with E-state index in [1.807, 2.05) is 0 Å². The molecule has 4 aromatic rings. The first-order valence-corrected chi connectivity index (χ1v) is 8.38. The van der Waals surface area contributed by atoms with E-state index in [9.17, 15) is 9.59 Å². The summed E-state index contributed by atoms with van der Waals surface area (Å²) in [6, 6.07) is 16.6. The molecule has 0 aliphatic rings. The quantitative estimate of drug-likeness (QED) is 0.559. The topological polar surface area (TPSA) is 112 Å². The van der Waals surface area contributed by atoms with Gasteiger partial charge in [0, 0.05) is 23.4 Å². The maximum atomic E-state index is 12.5. The van der Waals surface area contributed by atoms with E-state index >= 15 is 0 Å². The first-order valence-electron chi connectivity index (χ1n) is 8.38. The fraction of sp³-hybridized carbons (Fsp3) is 0. The number of nitrogens with zero attached hydrogens (tertiary/aromatic N) is 3. The highest BCUT2D eigenvalue weighted by Crippen LogP contribution is 2.22. The Hall–Kier alpha value is -4.20. The zero-order chi connectivity index (χ0) is 19.5. The van der Waals surface area contributed by atoms with Crippen LogP contribution in [0, 0.1) is 0 Å². The van der Waals surface area contributed by atoms with Crippen LogP contribution in [0.3, 0.4) is 0 Å². The molecule has 0 fully saturated rings. The van der Waals surface area contributed by atoms with Crippen molar-refractivity contribution >= 4 is 23.3 Å². The number of nitrogens with two attached hydrogens (primary N) is 1. The third kappa shape index (κ3) is 3.51. The molecule has 0 atom stereocenters. The Bertz CT molecular complexity index is 1150. The Morgan fingerprint density at radius 2 is 1.50 bits per heavy atom. The smallest absolute Gasteiger partial charge is 0.256 e. The zero-order valence-corrected chi connectivity index (χ0v) is 14.6. The summed E-state index contributed by atoms with van der Waals surface area (Å²) in [5.41, 5.74) is 6.73. The van der Waals surface area contributed by atoms with Crippen LogP contribution in [0.2, 0.25) is 0 Å². The molecule has 2 amide bonds. The second-order valence-corrected chi connectivity index (χ2v) is 5.90. The standard InChI is InChI=1S/C20H15N5O3/c21-19(26)13-1-5-15(6-2-13)28-16-7-3-14(4-8-16)20(27)24-18-9-11-22-17-10-12-23-25(17)18/h1-12H,(H2,21,26)(H,24,27). The minimum absolute atomic E-state index is 0.277. The van der Waals surface area contributed by atoms with Gasteiger partial charge in [0.05, 0.1) is 6.20 Å². The van der Waals surface area contributed by atoms with Crippen molar-refractivity contribution in [3.05, 3.63) is 84.2 Å². The van der Waals surface area contributed by atoms with Crippen molar-refractivity contribution in [1.29, 1.82) is 0 Å². The van der Waals surface area contributed by atoms with E-state index in [0.29, 0.717) is 34.1 Å². The van der Waals surface area contributed by atoms with Crippen LogP contribution in [0.15, 0.2) is 73.1 Å². The molecule has 2 heterocycles. The van der Waals surface area contributed by atoms with Crippen molar-refractivity contribution < 1.29 is 14.3 Å². The number of hydrogen-bond donors (Lipinski definition) is 2. The molecule has 0 aliphatic carbocycles. The number of primary amides is 1. The number of hydrogen-bond acceptors (Lipinski definition) is 5. The SMILES string of the molecule is NC(=O)c1ccc(Oc2ccc(C(=O)Nc3ccnc4ccnn34)cc2)cc1. The van der Waals surface area contributed by atoms with Crippen molar-refractivity contribution in [2.45, 2.75) is 0 Å². The lowest BCUT2D eigenvalue weighted by molar-refractivity contribution is 0.0997. The van der Waals surface area contributed by atoms with Gasteiger partial charge in [-0.2, -0.15) is 9.61 Å². The minimum Gasteiger partial charge on any atom is -0.457 e. The van der Waals surface area contributed by atoms with Gasteiger partial charge in [0.1, 0.15) is 17.3 Å². The lowest BCUT2D eigenvalue weighted by Gasteiger charge is -2.09. The second kappa shape index (κ2) is 7.20. The maximum Gasteiger partial charge on any atom is 0.256 e. The van der Waals surface area contributed by atoms with E-state index in [2.05, 4.69) is 15.4 Å². The molecule has 4 rings (SSSR count). The van der Waals surface area contributed by atoms with Crippen LogP contribution in [-0.4, -0.2) is 26.4 Å². The number of carbonyl (C=O) groups excluding carboxylic acids is 2. The summed E-state index contributed by atoms with van der Waals surface area (Å²) in [5, 5.41) is 6.94. The van der Waals surface area contributed by atoms with Crippen LogP contribution in [0.4, 0.5) is 5.82 Å². The molecular formula is C20H15N5O3. The van der Waals surface area contributed by atoms with E-state index in [4.69, 9.17) is 10.5 Å². The molecule has 0 saturated carbocycles. The van der Waals surface area contributed by atoms with Crippen LogP contribution < -0.4 is 15.8 Å². The number of amides is 2. The fourth-order valence-electron chi connectivity index (χ4n) is 2.62. The van der Waals surface area contributed by atoms with Gasteiger partial charge in [-0.1, -0.05) is 0 Å². The van der Waals surface area contributed by atoms with Crippen LogP contribution in [0.5, 0.6) is 11.5 Å². The Labute approximate surface area is 159 Å². The van der Waals surface area contributed by atoms with Crippen molar-refractivity contribution in [2.75, 3.05) is 5.32 Å². The number of fused-ring (bicyclic) bond motifs is 1. The average Bonchev–Trinajstić information content (AvgIpc) is 3.19. The number of carbonyl (C=O) groups is 2. The Balaban J connectivity index is 1.46. The molecule has 138 valence electrons. The lowest BCUT2D eigenvalue weighted by atomic mass is 10.2. The molecule has 2 aromatic heterocycles. The molecule has 0 unspecified atom stereocenters. The third-order valence-corrected chi connectivity index (χ3v) is 4.02. The summed E-state index contributed by atoms with van der Waals surface area (Å²) in [7, 11) is 0. The summed E-state index contributed by atoms with van der Waals surface area (Å²) in [6.45, 7) is 0. The summed E-state index contributed by atoms with van der Waals surface area (Å²) in [5.74, 6) is 0.862. The van der Waals surface area contributed by atoms with Crippen molar-refractivity contribution in [1.82, 2.24) is 14.6 Å². The lowest BCUT2D eigenvalue weighted by Crippen LogP contribution is -2.14. The van der Waals surface area contributed by atoms with E-state index in [-0.39, 0.29) is 5.91 Å². The van der Waals surface area contributed by atoms with Gasteiger partial charge in [-0.25, -0.2) is 4.98 Å². The van der Waals surface area contributed by atoms with Crippen LogP contribution in [0.1, 0.15) is 20.7 Å². The number of anilines is 1. The monoisotopic (exact) mass is 373 g/mol. The number of ether oxygens (including phenoxy) is 1. The molecular weight excluding hydrogens is 358 g/mol. The van der Waals surface area contributed by atoms with Gasteiger partial charge in [0.2, 0.25) is 5.91 Å². The highest BCUT2D eigenvalue weighted by Gasteiger charge is 2.10. The highest BCUT2D eigenvalue weighted by molar-refractivity contribution is 6.04. The molecule has 0 radical (unpaired) electrons. The predicted octanol–water partition coefficient (Wildman–Crippen LogP) is 2.87. The number of nitrogens with one attached hydrogen (secondary N) is 1. The molecule has 0 aliphatic heterocycles. The van der Waals surface area contributed by atoms with Gasteiger partial charge in [0.15, 0.2) is 5.65 Å². The van der Waals surface area contributed by atoms with Crippen molar-refractivity contribution in [3.63, 3.8) is 0 Å². The van der Waals surface area contributed by atoms with Gasteiger partial charge >= 0.3 is 0 Å². The molecule has 0 bridgehead atoms. The Morgan fingerprint density at radius 1 is 0.857 bits per heavy atom. The summed E-state index contributed by atoms with van der Waals surface area (Å²) in [4.78, 5) is 27.7. The maximum absolute atomic E-state index is 12.5. The zero-order valence-electron chi connectivity index (χ0n) is 14.6. The molecule has 3 N–H and O–H groups in total. The Morgan fingerprint density at radius 3 is 2.14 bits per heavy atom. The van der Waals surface area contributed by atoms with Gasteiger partial charge in [-0.15, -0.1) is 0 Å². The summed E-state index contributed by atoms with van der Waals surface area (Å²) >= 11 is 0.